The third-order valence-electron chi connectivity index (χ3n) is 3.46. The van der Waals surface area contributed by atoms with Crippen LogP contribution < -0.4 is 0 Å². The molecular weight excluding hydrogens is 217 g/mol. The van der Waals surface area contributed by atoms with Crippen LogP contribution in [0.15, 0.2) is 24.3 Å². The normalized spacial score (nSPS) is 20.9. The molecule has 2 rings (SSSR count). The Bertz CT molecular complexity index is 405. The summed E-state index contributed by atoms with van der Waals surface area (Å²) in [6.07, 6.45) is 3.33. The molecule has 0 bridgehead atoms. The lowest BCUT2D eigenvalue weighted by atomic mass is 9.93. The van der Waals surface area contributed by atoms with E-state index in [2.05, 4.69) is 4.90 Å². The van der Waals surface area contributed by atoms with Crippen molar-refractivity contribution in [2.45, 2.75) is 38.3 Å². The molecule has 1 fully saturated rings. The van der Waals surface area contributed by atoms with Gasteiger partial charge in [0.05, 0.1) is 0 Å². The molecule has 92 valence electrons. The lowest BCUT2D eigenvalue weighted by Gasteiger charge is -2.30. The predicted molar refractivity (Wildman–Crippen MR) is 65.1 cm³/mol. The molecule has 0 heterocycles. The Hall–Kier alpha value is -1.22. The molecule has 3 heteroatoms. The number of nitrogens with zero attached hydrogens (tertiary/aromatic N) is 1. The van der Waals surface area contributed by atoms with Crippen LogP contribution in [0.3, 0.4) is 0 Å². The molecule has 1 aliphatic rings. The lowest BCUT2D eigenvalue weighted by molar-refractivity contribution is -0.121. The molecule has 1 aromatic rings. The summed E-state index contributed by atoms with van der Waals surface area (Å²) in [5.41, 5.74) is 0.702. The van der Waals surface area contributed by atoms with E-state index in [1.807, 2.05) is 13.1 Å². The first-order valence-corrected chi connectivity index (χ1v) is 6.12. The highest BCUT2D eigenvalue weighted by Gasteiger charge is 2.23. The summed E-state index contributed by atoms with van der Waals surface area (Å²) in [4.78, 5) is 13.5. The first-order valence-electron chi connectivity index (χ1n) is 6.12. The van der Waals surface area contributed by atoms with Gasteiger partial charge in [0.25, 0.3) is 0 Å². The van der Waals surface area contributed by atoms with E-state index < -0.39 is 0 Å². The van der Waals surface area contributed by atoms with Crippen LogP contribution in [0, 0.1) is 5.82 Å². The van der Waals surface area contributed by atoms with Gasteiger partial charge in [0.2, 0.25) is 0 Å². The van der Waals surface area contributed by atoms with Crippen LogP contribution >= 0.6 is 0 Å². The highest BCUT2D eigenvalue weighted by Crippen LogP contribution is 2.21. The average Bonchev–Trinajstić information content (AvgIpc) is 2.32. The quantitative estimate of drug-likeness (QED) is 0.803. The summed E-state index contributed by atoms with van der Waals surface area (Å²) < 4.78 is 13.5. The van der Waals surface area contributed by atoms with Crippen LogP contribution in [0.2, 0.25) is 0 Å². The van der Waals surface area contributed by atoms with Crippen molar-refractivity contribution in [1.82, 2.24) is 4.90 Å². The zero-order valence-corrected chi connectivity index (χ0v) is 10.2. The Morgan fingerprint density at radius 2 is 2.18 bits per heavy atom. The Labute approximate surface area is 101 Å². The minimum atomic E-state index is -0.165. The fraction of sp³-hybridized carbons (Fsp3) is 0.500. The van der Waals surface area contributed by atoms with E-state index in [1.54, 1.807) is 12.1 Å². The van der Waals surface area contributed by atoms with E-state index in [9.17, 15) is 9.18 Å². The van der Waals surface area contributed by atoms with Gasteiger partial charge in [0.1, 0.15) is 11.6 Å². The summed E-state index contributed by atoms with van der Waals surface area (Å²) in [6, 6.07) is 7.10. The maximum Gasteiger partial charge on any atom is 0.134 e. The molecule has 1 aliphatic carbocycles. The molecule has 0 saturated heterocycles. The minimum Gasteiger partial charge on any atom is -0.300 e. The number of carbonyl (C=O) groups excluding carboxylic acids is 1. The van der Waals surface area contributed by atoms with Gasteiger partial charge in [-0.05, 0) is 26.0 Å². The molecule has 0 N–H and O–H groups in total. The average molecular weight is 235 g/mol. The van der Waals surface area contributed by atoms with E-state index in [1.165, 1.54) is 6.07 Å². The second-order valence-corrected chi connectivity index (χ2v) is 4.80. The van der Waals surface area contributed by atoms with Gasteiger partial charge in [-0.25, -0.2) is 4.39 Å². The zero-order valence-electron chi connectivity index (χ0n) is 10.2. The van der Waals surface area contributed by atoms with Gasteiger partial charge in [-0.15, -0.1) is 0 Å². The van der Waals surface area contributed by atoms with Crippen LogP contribution in [0.25, 0.3) is 0 Å². The van der Waals surface area contributed by atoms with Crippen LogP contribution in [0.5, 0.6) is 0 Å². The number of hydrogen-bond donors (Lipinski definition) is 0. The van der Waals surface area contributed by atoms with Crippen LogP contribution in [-0.4, -0.2) is 23.8 Å². The number of halogens is 1. The smallest absolute Gasteiger partial charge is 0.134 e. The molecule has 1 unspecified atom stereocenters. The van der Waals surface area contributed by atoms with Crippen molar-refractivity contribution in [3.05, 3.63) is 35.6 Å². The van der Waals surface area contributed by atoms with Crippen molar-refractivity contribution in [2.24, 2.45) is 0 Å². The molecule has 2 nitrogen and oxygen atoms in total. The van der Waals surface area contributed by atoms with Crippen molar-refractivity contribution in [1.29, 1.82) is 0 Å². The SMILES string of the molecule is CN(Cc1ccccc1F)C1CCCC(=O)C1. The number of carbonyl (C=O) groups is 1. The molecule has 1 saturated carbocycles. The standard InChI is InChI=1S/C14H18FNO/c1-16(12-6-4-7-13(17)9-12)10-11-5-2-3-8-14(11)15/h2-3,5,8,12H,4,6-7,9-10H2,1H3. The predicted octanol–water partition coefficient (Wildman–Crippen LogP) is 2.77. The number of Topliss-reactive ketones (excluding diaryl/α,β-unsaturated/α-hetero) is 1. The molecule has 0 radical (unpaired) electrons. The summed E-state index contributed by atoms with van der Waals surface area (Å²) in [7, 11) is 1.97. The summed E-state index contributed by atoms with van der Waals surface area (Å²) in [5, 5.41) is 0. The maximum atomic E-state index is 13.5. The van der Waals surface area contributed by atoms with Crippen molar-refractivity contribution in [2.75, 3.05) is 7.05 Å². The monoisotopic (exact) mass is 235 g/mol. The minimum absolute atomic E-state index is 0.165. The Kier molecular flexibility index (Phi) is 3.89. The second-order valence-electron chi connectivity index (χ2n) is 4.80. The molecular formula is C14H18FNO. The molecule has 1 atom stereocenters. The van der Waals surface area contributed by atoms with E-state index in [-0.39, 0.29) is 11.9 Å². The Balaban J connectivity index is 1.99. The summed E-state index contributed by atoms with van der Waals surface area (Å²) in [5.74, 6) is 0.170. The molecule has 0 aliphatic heterocycles. The number of benzene rings is 1. The topological polar surface area (TPSA) is 20.3 Å². The van der Waals surface area contributed by atoms with Gasteiger partial charge in [-0.1, -0.05) is 18.2 Å². The van der Waals surface area contributed by atoms with Gasteiger partial charge in [-0.2, -0.15) is 0 Å². The van der Waals surface area contributed by atoms with E-state index in [4.69, 9.17) is 0 Å². The lowest BCUT2D eigenvalue weighted by Crippen LogP contribution is -2.35. The molecule has 0 aromatic heterocycles. The van der Waals surface area contributed by atoms with E-state index >= 15 is 0 Å². The van der Waals surface area contributed by atoms with Crippen molar-refractivity contribution >= 4 is 5.78 Å². The van der Waals surface area contributed by atoms with Gasteiger partial charge in [0.15, 0.2) is 0 Å². The third-order valence-corrected chi connectivity index (χ3v) is 3.46. The third kappa shape index (κ3) is 3.13. The van der Waals surface area contributed by atoms with Crippen molar-refractivity contribution in [3.8, 4) is 0 Å². The van der Waals surface area contributed by atoms with Gasteiger partial charge < -0.3 is 0 Å². The van der Waals surface area contributed by atoms with Crippen molar-refractivity contribution < 1.29 is 9.18 Å². The van der Waals surface area contributed by atoms with E-state index in [0.717, 1.165) is 12.8 Å². The molecule has 0 spiro atoms. The van der Waals surface area contributed by atoms with Crippen LogP contribution in [0.1, 0.15) is 31.2 Å². The maximum absolute atomic E-state index is 13.5. The number of rotatable bonds is 3. The van der Waals surface area contributed by atoms with Gasteiger partial charge in [0, 0.05) is 31.0 Å². The first-order chi connectivity index (χ1) is 8.16. The summed E-state index contributed by atoms with van der Waals surface area (Å²) >= 11 is 0. The Morgan fingerprint density at radius 3 is 2.88 bits per heavy atom. The van der Waals surface area contributed by atoms with Gasteiger partial charge in [-0.3, -0.25) is 9.69 Å². The number of ketones is 1. The van der Waals surface area contributed by atoms with Gasteiger partial charge >= 0.3 is 0 Å². The zero-order chi connectivity index (χ0) is 12.3. The molecule has 1 aromatic carbocycles. The number of hydrogen-bond acceptors (Lipinski definition) is 2. The van der Waals surface area contributed by atoms with Crippen LogP contribution in [0.4, 0.5) is 4.39 Å². The van der Waals surface area contributed by atoms with Crippen LogP contribution in [-0.2, 0) is 11.3 Å². The van der Waals surface area contributed by atoms with Crippen molar-refractivity contribution in [3.63, 3.8) is 0 Å². The highest BCUT2D eigenvalue weighted by molar-refractivity contribution is 5.79. The largest absolute Gasteiger partial charge is 0.300 e. The molecule has 0 amide bonds. The van der Waals surface area contributed by atoms with E-state index in [0.29, 0.717) is 30.7 Å². The molecule has 17 heavy (non-hydrogen) atoms. The Morgan fingerprint density at radius 1 is 1.41 bits per heavy atom. The summed E-state index contributed by atoms with van der Waals surface area (Å²) in [6.45, 7) is 0.574. The second kappa shape index (κ2) is 5.41. The highest BCUT2D eigenvalue weighted by atomic mass is 19.1. The fourth-order valence-electron chi connectivity index (χ4n) is 2.40. The first kappa shape index (κ1) is 12.2. The fourth-order valence-corrected chi connectivity index (χ4v) is 2.40.